The van der Waals surface area contributed by atoms with Crippen LogP contribution in [0.4, 0.5) is 11.4 Å². The standard InChI is InChI=1S/C21H24N4O/c1-24-10-12-25(13-11-24)18-8-6-17(7-9-18)23-21(26)14-16-15-22-20-5-3-2-4-19(16)20/h2-9,15,22H,10-14H2,1H3,(H,23,26). The molecule has 1 amide bonds. The Labute approximate surface area is 153 Å². The monoisotopic (exact) mass is 348 g/mol. The van der Waals surface area contributed by atoms with Crippen LogP contribution in [0.3, 0.4) is 0 Å². The average Bonchev–Trinajstić information content (AvgIpc) is 3.06. The third-order valence-electron chi connectivity index (χ3n) is 5.05. The van der Waals surface area contributed by atoms with E-state index in [-0.39, 0.29) is 5.91 Å². The average molecular weight is 348 g/mol. The second kappa shape index (κ2) is 7.22. The van der Waals surface area contributed by atoms with Crippen LogP contribution in [0.1, 0.15) is 5.56 Å². The van der Waals surface area contributed by atoms with Gasteiger partial charge in [-0.1, -0.05) is 18.2 Å². The highest BCUT2D eigenvalue weighted by molar-refractivity contribution is 5.95. The van der Waals surface area contributed by atoms with Crippen LogP contribution >= 0.6 is 0 Å². The van der Waals surface area contributed by atoms with E-state index >= 15 is 0 Å². The Morgan fingerprint density at radius 2 is 1.77 bits per heavy atom. The number of amides is 1. The van der Waals surface area contributed by atoms with Crippen LogP contribution in [-0.4, -0.2) is 49.0 Å². The maximum Gasteiger partial charge on any atom is 0.228 e. The van der Waals surface area contributed by atoms with Crippen LogP contribution in [0.25, 0.3) is 10.9 Å². The highest BCUT2D eigenvalue weighted by atomic mass is 16.1. The number of nitrogens with zero attached hydrogens (tertiary/aromatic N) is 2. The van der Waals surface area contributed by atoms with Gasteiger partial charge >= 0.3 is 0 Å². The van der Waals surface area contributed by atoms with Gasteiger partial charge in [-0.3, -0.25) is 4.79 Å². The summed E-state index contributed by atoms with van der Waals surface area (Å²) in [7, 11) is 2.16. The van der Waals surface area contributed by atoms with Gasteiger partial charge in [0.1, 0.15) is 0 Å². The van der Waals surface area contributed by atoms with Gasteiger partial charge in [0.15, 0.2) is 0 Å². The minimum absolute atomic E-state index is 0.00194. The van der Waals surface area contributed by atoms with Crippen molar-refractivity contribution in [1.82, 2.24) is 9.88 Å². The largest absolute Gasteiger partial charge is 0.369 e. The molecule has 4 rings (SSSR count). The number of piperazine rings is 1. The van der Waals surface area contributed by atoms with Crippen molar-refractivity contribution < 1.29 is 4.79 Å². The van der Waals surface area contributed by atoms with E-state index in [4.69, 9.17) is 0 Å². The molecule has 0 atom stereocenters. The fraction of sp³-hybridized carbons (Fsp3) is 0.286. The highest BCUT2D eigenvalue weighted by Crippen LogP contribution is 2.21. The first-order chi connectivity index (χ1) is 12.7. The topological polar surface area (TPSA) is 51.4 Å². The van der Waals surface area contributed by atoms with E-state index in [2.05, 4.69) is 39.3 Å². The number of carbonyl (C=O) groups is 1. The van der Waals surface area contributed by atoms with Gasteiger partial charge < -0.3 is 20.1 Å². The molecule has 0 saturated carbocycles. The first kappa shape index (κ1) is 16.7. The quantitative estimate of drug-likeness (QED) is 0.762. The van der Waals surface area contributed by atoms with Crippen LogP contribution in [0.2, 0.25) is 0 Å². The van der Waals surface area contributed by atoms with E-state index in [1.807, 2.05) is 42.6 Å². The number of rotatable bonds is 4. The number of aromatic nitrogens is 1. The molecule has 0 bridgehead atoms. The summed E-state index contributed by atoms with van der Waals surface area (Å²) in [5.41, 5.74) is 4.14. The number of fused-ring (bicyclic) bond motifs is 1. The Kier molecular flexibility index (Phi) is 4.63. The number of hydrogen-bond donors (Lipinski definition) is 2. The number of benzene rings is 2. The Morgan fingerprint density at radius 1 is 1.04 bits per heavy atom. The van der Waals surface area contributed by atoms with Gasteiger partial charge in [0.05, 0.1) is 6.42 Å². The molecule has 26 heavy (non-hydrogen) atoms. The molecule has 2 heterocycles. The van der Waals surface area contributed by atoms with Gasteiger partial charge in [0.2, 0.25) is 5.91 Å². The third-order valence-corrected chi connectivity index (χ3v) is 5.05. The predicted molar refractivity (Wildman–Crippen MR) is 107 cm³/mol. The van der Waals surface area contributed by atoms with Crippen molar-refractivity contribution in [2.24, 2.45) is 0 Å². The summed E-state index contributed by atoms with van der Waals surface area (Å²) in [5.74, 6) is 0.00194. The third kappa shape index (κ3) is 3.58. The lowest BCUT2D eigenvalue weighted by Crippen LogP contribution is -2.44. The molecule has 2 aromatic carbocycles. The lowest BCUT2D eigenvalue weighted by Gasteiger charge is -2.34. The minimum Gasteiger partial charge on any atom is -0.369 e. The fourth-order valence-corrected chi connectivity index (χ4v) is 3.48. The second-order valence-electron chi connectivity index (χ2n) is 6.92. The number of anilines is 2. The molecule has 1 aliphatic rings. The Bertz CT molecular complexity index is 892. The summed E-state index contributed by atoms with van der Waals surface area (Å²) >= 11 is 0. The van der Waals surface area contributed by atoms with E-state index in [9.17, 15) is 4.79 Å². The summed E-state index contributed by atoms with van der Waals surface area (Å²) in [6.07, 6.45) is 2.28. The summed E-state index contributed by atoms with van der Waals surface area (Å²) in [4.78, 5) is 20.4. The zero-order valence-corrected chi connectivity index (χ0v) is 15.0. The molecule has 1 aromatic heterocycles. The normalized spacial score (nSPS) is 15.3. The molecule has 2 N–H and O–H groups in total. The van der Waals surface area contributed by atoms with Crippen LogP contribution in [0.5, 0.6) is 0 Å². The predicted octanol–water partition coefficient (Wildman–Crippen LogP) is 3.10. The van der Waals surface area contributed by atoms with Gasteiger partial charge in [0, 0.05) is 54.7 Å². The smallest absolute Gasteiger partial charge is 0.228 e. The summed E-state index contributed by atoms with van der Waals surface area (Å²) < 4.78 is 0. The Hall–Kier alpha value is -2.79. The van der Waals surface area contributed by atoms with Crippen LogP contribution in [0.15, 0.2) is 54.7 Å². The zero-order chi connectivity index (χ0) is 17.9. The molecule has 5 heteroatoms. The molecule has 1 saturated heterocycles. The van der Waals surface area contributed by atoms with Crippen molar-refractivity contribution in [2.45, 2.75) is 6.42 Å². The highest BCUT2D eigenvalue weighted by Gasteiger charge is 2.14. The van der Waals surface area contributed by atoms with E-state index in [1.165, 1.54) is 5.69 Å². The van der Waals surface area contributed by atoms with Crippen molar-refractivity contribution in [2.75, 3.05) is 43.4 Å². The van der Waals surface area contributed by atoms with E-state index < -0.39 is 0 Å². The Balaban J connectivity index is 1.38. The van der Waals surface area contributed by atoms with Crippen LogP contribution < -0.4 is 10.2 Å². The summed E-state index contributed by atoms with van der Waals surface area (Å²) in [6.45, 7) is 4.26. The molecule has 0 aliphatic carbocycles. The first-order valence-corrected chi connectivity index (χ1v) is 9.07. The van der Waals surface area contributed by atoms with Crippen molar-refractivity contribution in [3.05, 3.63) is 60.3 Å². The van der Waals surface area contributed by atoms with Gasteiger partial charge in [-0.15, -0.1) is 0 Å². The molecular weight excluding hydrogens is 324 g/mol. The van der Waals surface area contributed by atoms with Gasteiger partial charge in [0.25, 0.3) is 0 Å². The molecular formula is C21H24N4O. The van der Waals surface area contributed by atoms with Crippen molar-refractivity contribution in [1.29, 1.82) is 0 Å². The number of H-pyrrole nitrogens is 1. The molecule has 5 nitrogen and oxygen atoms in total. The molecule has 1 aliphatic heterocycles. The van der Waals surface area contributed by atoms with Gasteiger partial charge in [-0.2, -0.15) is 0 Å². The number of aromatic amines is 1. The molecule has 3 aromatic rings. The lowest BCUT2D eigenvalue weighted by molar-refractivity contribution is -0.115. The number of carbonyl (C=O) groups excluding carboxylic acids is 1. The molecule has 0 radical (unpaired) electrons. The minimum atomic E-state index is 0.00194. The van der Waals surface area contributed by atoms with Crippen molar-refractivity contribution in [3.63, 3.8) is 0 Å². The Morgan fingerprint density at radius 3 is 2.54 bits per heavy atom. The van der Waals surface area contributed by atoms with Crippen molar-refractivity contribution in [3.8, 4) is 0 Å². The van der Waals surface area contributed by atoms with Crippen LogP contribution in [0, 0.1) is 0 Å². The second-order valence-corrected chi connectivity index (χ2v) is 6.92. The fourth-order valence-electron chi connectivity index (χ4n) is 3.48. The maximum absolute atomic E-state index is 12.4. The molecule has 0 unspecified atom stereocenters. The maximum atomic E-state index is 12.4. The first-order valence-electron chi connectivity index (χ1n) is 9.07. The van der Waals surface area contributed by atoms with E-state index in [0.29, 0.717) is 6.42 Å². The molecule has 1 fully saturated rings. The number of nitrogens with one attached hydrogen (secondary N) is 2. The SMILES string of the molecule is CN1CCN(c2ccc(NC(=O)Cc3c[nH]c4ccccc34)cc2)CC1. The van der Waals surface area contributed by atoms with Crippen LogP contribution in [-0.2, 0) is 11.2 Å². The number of hydrogen-bond acceptors (Lipinski definition) is 3. The molecule has 134 valence electrons. The lowest BCUT2D eigenvalue weighted by atomic mass is 10.1. The van der Waals surface area contributed by atoms with Gasteiger partial charge in [-0.25, -0.2) is 0 Å². The number of likely N-dealkylation sites (N-methyl/N-ethyl adjacent to an activating group) is 1. The van der Waals surface area contributed by atoms with E-state index in [1.54, 1.807) is 0 Å². The summed E-state index contributed by atoms with van der Waals surface area (Å²) in [5, 5.41) is 4.11. The van der Waals surface area contributed by atoms with Gasteiger partial charge in [-0.05, 0) is 42.9 Å². The summed E-state index contributed by atoms with van der Waals surface area (Å²) in [6, 6.07) is 16.2. The van der Waals surface area contributed by atoms with Crippen molar-refractivity contribution >= 4 is 28.2 Å². The van der Waals surface area contributed by atoms with E-state index in [0.717, 1.165) is 48.3 Å². The zero-order valence-electron chi connectivity index (χ0n) is 15.0. The molecule has 0 spiro atoms. The number of para-hydroxylation sites is 1.